The second-order valence-electron chi connectivity index (χ2n) is 2.25. The maximum atomic E-state index is 5.34. The molecule has 0 radical (unpaired) electrons. The van der Waals surface area contributed by atoms with Crippen molar-refractivity contribution in [1.82, 2.24) is 0 Å². The third-order valence-electron chi connectivity index (χ3n) is 1.55. The van der Waals surface area contributed by atoms with Crippen LogP contribution in [0.4, 0.5) is 0 Å². The summed E-state index contributed by atoms with van der Waals surface area (Å²) in [7, 11) is 0. The Morgan fingerprint density at radius 2 is 1.53 bits per heavy atom. The molecule has 0 unspecified atom stereocenters. The molecule has 8 N–H and O–H groups in total. The van der Waals surface area contributed by atoms with Crippen molar-refractivity contribution in [2.45, 2.75) is 0 Å². The molecule has 1 aromatic carbocycles. The van der Waals surface area contributed by atoms with Gasteiger partial charge >= 0.3 is 0 Å². The van der Waals surface area contributed by atoms with Gasteiger partial charge in [0.15, 0.2) is 0 Å². The molecule has 1 heterocycles. The van der Waals surface area contributed by atoms with E-state index < -0.39 is 0 Å². The second kappa shape index (κ2) is 11.4. The van der Waals surface area contributed by atoms with Crippen molar-refractivity contribution in [3.8, 4) is 5.75 Å². The summed E-state index contributed by atoms with van der Waals surface area (Å²) < 4.78 is 5.34. The first kappa shape index (κ1) is 23.9. The molecule has 0 atom stereocenters. The van der Waals surface area contributed by atoms with E-state index in [2.05, 4.69) is 6.08 Å². The molecule has 0 aromatic heterocycles. The summed E-state index contributed by atoms with van der Waals surface area (Å²) in [6.45, 7) is 0.705. The fourth-order valence-corrected chi connectivity index (χ4v) is 1.06. The Bertz CT molecular complexity index is 277. The van der Waals surface area contributed by atoms with Gasteiger partial charge in [-0.15, -0.1) is 0 Å². The van der Waals surface area contributed by atoms with Gasteiger partial charge in [-0.3, -0.25) is 0 Å². The normalized spacial score (nSPS) is 9.33. The molecule has 0 fully saturated rings. The summed E-state index contributed by atoms with van der Waals surface area (Å²) in [6, 6.07) is 8.03. The van der Waals surface area contributed by atoms with Gasteiger partial charge in [-0.2, -0.15) is 0 Å². The first-order valence-corrected chi connectivity index (χ1v) is 3.35. The Kier molecular flexibility index (Phi) is 18.1. The summed E-state index contributed by atoms with van der Waals surface area (Å²) in [5.74, 6) is 0.991. The van der Waals surface area contributed by atoms with Crippen LogP contribution in [0.5, 0.6) is 5.75 Å². The summed E-state index contributed by atoms with van der Waals surface area (Å²) in [6.07, 6.45) is 4.10. The number of para-hydroxylation sites is 1. The molecule has 1 aliphatic rings. The van der Waals surface area contributed by atoms with Gasteiger partial charge in [0.05, 0.1) is 0 Å². The zero-order valence-corrected chi connectivity index (χ0v) is 9.64. The Balaban J connectivity index is -0.000000121. The molecule has 0 spiro atoms. The number of rotatable bonds is 0. The summed E-state index contributed by atoms with van der Waals surface area (Å²) in [5.41, 5.74) is 1.17. The van der Waals surface area contributed by atoms with Crippen LogP contribution < -0.4 is 4.74 Å². The van der Waals surface area contributed by atoms with E-state index in [0.29, 0.717) is 6.61 Å². The van der Waals surface area contributed by atoms with E-state index in [9.17, 15) is 0 Å². The molecule has 15 heavy (non-hydrogen) atoms. The van der Waals surface area contributed by atoms with Crippen LogP contribution in [-0.2, 0) is 21.7 Å². The SMILES string of the molecule is C1=Cc2ccccc2OC1.O.O.O.O.[Ti]. The molecular formula is C9H16O5Ti. The molecule has 5 nitrogen and oxygen atoms in total. The van der Waals surface area contributed by atoms with Gasteiger partial charge in [0, 0.05) is 27.3 Å². The monoisotopic (exact) mass is 252 g/mol. The van der Waals surface area contributed by atoms with Crippen molar-refractivity contribution in [2.75, 3.05) is 6.61 Å². The first-order valence-electron chi connectivity index (χ1n) is 3.35. The zero-order chi connectivity index (χ0) is 6.81. The standard InChI is InChI=1S/C9H8O.4H2O.Ti/c1-2-6-9-8(4-1)5-3-7-10-9;;;;;/h1-6H,7H2;4*1H2;. The van der Waals surface area contributed by atoms with Gasteiger partial charge in [0.2, 0.25) is 0 Å². The van der Waals surface area contributed by atoms with E-state index in [0.717, 1.165) is 5.75 Å². The van der Waals surface area contributed by atoms with Gasteiger partial charge < -0.3 is 26.6 Å². The maximum Gasteiger partial charge on any atom is 0.126 e. The average molecular weight is 252 g/mol. The Labute approximate surface area is 103 Å². The van der Waals surface area contributed by atoms with E-state index >= 15 is 0 Å². The summed E-state index contributed by atoms with van der Waals surface area (Å²) in [5, 5.41) is 0. The molecule has 0 saturated carbocycles. The maximum absolute atomic E-state index is 5.34. The van der Waals surface area contributed by atoms with E-state index in [1.54, 1.807) is 0 Å². The summed E-state index contributed by atoms with van der Waals surface area (Å²) in [4.78, 5) is 0. The van der Waals surface area contributed by atoms with Crippen molar-refractivity contribution in [3.63, 3.8) is 0 Å². The van der Waals surface area contributed by atoms with Crippen LogP contribution in [0.25, 0.3) is 6.08 Å². The van der Waals surface area contributed by atoms with Crippen LogP contribution >= 0.6 is 0 Å². The molecule has 6 heteroatoms. The Morgan fingerprint density at radius 1 is 0.933 bits per heavy atom. The van der Waals surface area contributed by atoms with Gasteiger partial charge in [0.1, 0.15) is 12.4 Å². The average Bonchev–Trinajstić information content (AvgIpc) is 2.05. The minimum Gasteiger partial charge on any atom is -0.489 e. The topological polar surface area (TPSA) is 135 Å². The van der Waals surface area contributed by atoms with Crippen LogP contribution in [0, 0.1) is 0 Å². The fourth-order valence-electron chi connectivity index (χ4n) is 1.06. The van der Waals surface area contributed by atoms with Gasteiger partial charge in [-0.05, 0) is 12.1 Å². The predicted octanol–water partition coefficient (Wildman–Crippen LogP) is -1.21. The molecule has 2 rings (SSSR count). The number of hydrogen-bond acceptors (Lipinski definition) is 1. The van der Waals surface area contributed by atoms with Gasteiger partial charge in [0.25, 0.3) is 0 Å². The van der Waals surface area contributed by atoms with E-state index in [4.69, 9.17) is 4.74 Å². The summed E-state index contributed by atoms with van der Waals surface area (Å²) >= 11 is 0. The predicted molar refractivity (Wildman–Crippen MR) is 55.4 cm³/mol. The smallest absolute Gasteiger partial charge is 0.126 e. The number of fused-ring (bicyclic) bond motifs is 1. The number of ether oxygens (including phenoxy) is 1. The molecule has 0 amide bonds. The largest absolute Gasteiger partial charge is 0.489 e. The molecule has 1 aliphatic heterocycles. The quantitative estimate of drug-likeness (QED) is 0.526. The van der Waals surface area contributed by atoms with Crippen molar-refractivity contribution < 1.29 is 48.4 Å². The van der Waals surface area contributed by atoms with Gasteiger partial charge in [-0.1, -0.05) is 24.3 Å². The van der Waals surface area contributed by atoms with Crippen LogP contribution in [0.1, 0.15) is 5.56 Å². The number of benzene rings is 1. The minimum atomic E-state index is 0. The van der Waals surface area contributed by atoms with Crippen molar-refractivity contribution in [1.29, 1.82) is 0 Å². The molecule has 0 saturated heterocycles. The van der Waals surface area contributed by atoms with E-state index in [-0.39, 0.29) is 43.6 Å². The Morgan fingerprint density at radius 3 is 2.13 bits per heavy atom. The van der Waals surface area contributed by atoms with Crippen LogP contribution in [0.2, 0.25) is 0 Å². The molecular weight excluding hydrogens is 236 g/mol. The fraction of sp³-hybridized carbons (Fsp3) is 0.111. The minimum absolute atomic E-state index is 0. The third-order valence-corrected chi connectivity index (χ3v) is 1.55. The third kappa shape index (κ3) is 5.69. The van der Waals surface area contributed by atoms with Crippen LogP contribution in [0.15, 0.2) is 30.3 Å². The molecule has 0 aliphatic carbocycles. The van der Waals surface area contributed by atoms with E-state index in [1.165, 1.54) is 5.56 Å². The van der Waals surface area contributed by atoms with E-state index in [1.807, 2.05) is 30.3 Å². The zero-order valence-electron chi connectivity index (χ0n) is 8.08. The number of hydrogen-bond donors (Lipinski definition) is 0. The van der Waals surface area contributed by atoms with Gasteiger partial charge in [-0.25, -0.2) is 0 Å². The van der Waals surface area contributed by atoms with Crippen molar-refractivity contribution in [2.24, 2.45) is 0 Å². The van der Waals surface area contributed by atoms with Crippen molar-refractivity contribution in [3.05, 3.63) is 35.9 Å². The second-order valence-corrected chi connectivity index (χ2v) is 2.25. The Hall–Kier alpha value is -0.686. The van der Waals surface area contributed by atoms with Crippen LogP contribution in [0.3, 0.4) is 0 Å². The molecule has 0 bridgehead atoms. The molecule has 86 valence electrons. The molecule has 1 aromatic rings. The van der Waals surface area contributed by atoms with Crippen LogP contribution in [-0.4, -0.2) is 28.5 Å². The van der Waals surface area contributed by atoms with Crippen molar-refractivity contribution >= 4 is 6.08 Å². The first-order chi connectivity index (χ1) is 4.97.